The van der Waals surface area contributed by atoms with Crippen molar-refractivity contribution in [1.29, 1.82) is 0 Å². The van der Waals surface area contributed by atoms with E-state index in [0.717, 1.165) is 5.56 Å². The van der Waals surface area contributed by atoms with Gasteiger partial charge in [0.05, 0.1) is 0 Å². The summed E-state index contributed by atoms with van der Waals surface area (Å²) < 4.78 is 23.8. The lowest BCUT2D eigenvalue weighted by molar-refractivity contribution is -0.153. The van der Waals surface area contributed by atoms with Gasteiger partial charge in [0, 0.05) is 5.92 Å². The lowest BCUT2D eigenvalue weighted by Gasteiger charge is -2.27. The zero-order valence-electron chi connectivity index (χ0n) is 16.6. The molecule has 0 spiro atoms. The third kappa shape index (κ3) is 7.02. The van der Waals surface area contributed by atoms with Crippen LogP contribution in [0.2, 0.25) is 0 Å². The van der Waals surface area contributed by atoms with Gasteiger partial charge in [0.1, 0.15) is 23.6 Å². The Kier molecular flexibility index (Phi) is 7.60. The number of rotatable bonds is 6. The minimum Gasteiger partial charge on any atom is -0.460 e. The second-order valence-electron chi connectivity index (χ2n) is 7.85. The second-order valence-corrected chi connectivity index (χ2v) is 7.85. The van der Waals surface area contributed by atoms with E-state index >= 15 is 0 Å². The first-order valence-electron chi connectivity index (χ1n) is 8.86. The van der Waals surface area contributed by atoms with Crippen LogP contribution in [-0.2, 0) is 14.3 Å². The van der Waals surface area contributed by atoms with Crippen LogP contribution in [0.3, 0.4) is 0 Å². The molecule has 1 aromatic carbocycles. The average Bonchev–Trinajstić information content (AvgIpc) is 2.50. The third-order valence-corrected chi connectivity index (χ3v) is 3.99. The molecule has 0 fully saturated rings. The predicted molar refractivity (Wildman–Crippen MR) is 98.4 cm³/mol. The molecule has 0 radical (unpaired) electrons. The van der Waals surface area contributed by atoms with Crippen molar-refractivity contribution in [2.75, 3.05) is 0 Å². The van der Waals surface area contributed by atoms with Crippen molar-refractivity contribution >= 4 is 12.1 Å². The Morgan fingerprint density at radius 1 is 1.04 bits per heavy atom. The molecule has 6 heteroatoms. The smallest absolute Gasteiger partial charge is 0.408 e. The Morgan fingerprint density at radius 3 is 2.04 bits per heavy atom. The number of benzene rings is 1. The summed E-state index contributed by atoms with van der Waals surface area (Å²) in [6.07, 6.45) is -1.10. The maximum Gasteiger partial charge on any atom is 0.408 e. The number of hydrogen-bond donors (Lipinski definition) is 1. The molecular weight excluding hydrogens is 337 g/mol. The van der Waals surface area contributed by atoms with E-state index in [1.54, 1.807) is 39.8 Å². The molecule has 26 heavy (non-hydrogen) atoms. The Bertz CT molecular complexity index is 607. The zero-order valence-corrected chi connectivity index (χ0v) is 16.6. The summed E-state index contributed by atoms with van der Waals surface area (Å²) in [5.41, 5.74) is 0.216. The van der Waals surface area contributed by atoms with Gasteiger partial charge in [-0.1, -0.05) is 32.9 Å². The lowest BCUT2D eigenvalue weighted by Crippen LogP contribution is -2.48. The van der Waals surface area contributed by atoms with Crippen molar-refractivity contribution in [3.8, 4) is 0 Å². The SMILES string of the molecule is CC(C)[C@H](NC(=O)OC(C)(C)C)C(=O)O[C@@H](C)[C@@H](C)c1ccc(F)cc1. The molecule has 146 valence electrons. The maximum atomic E-state index is 13.1. The molecule has 3 atom stereocenters. The van der Waals surface area contributed by atoms with Gasteiger partial charge in [0.15, 0.2) is 0 Å². The number of halogens is 1. The summed E-state index contributed by atoms with van der Waals surface area (Å²) in [6.45, 7) is 12.6. The van der Waals surface area contributed by atoms with Crippen LogP contribution in [0, 0.1) is 11.7 Å². The molecule has 1 N–H and O–H groups in total. The van der Waals surface area contributed by atoms with E-state index in [0.29, 0.717) is 0 Å². The fraction of sp³-hybridized carbons (Fsp3) is 0.600. The molecule has 0 aliphatic rings. The maximum absolute atomic E-state index is 13.1. The van der Waals surface area contributed by atoms with Crippen LogP contribution in [0.1, 0.15) is 59.9 Å². The van der Waals surface area contributed by atoms with E-state index in [2.05, 4.69) is 5.32 Å². The van der Waals surface area contributed by atoms with E-state index in [4.69, 9.17) is 9.47 Å². The Labute approximate surface area is 155 Å². The first-order valence-corrected chi connectivity index (χ1v) is 8.86. The van der Waals surface area contributed by atoms with Gasteiger partial charge >= 0.3 is 12.1 Å². The fourth-order valence-corrected chi connectivity index (χ4v) is 2.33. The Morgan fingerprint density at radius 2 is 1.58 bits per heavy atom. The highest BCUT2D eigenvalue weighted by Crippen LogP contribution is 2.22. The largest absolute Gasteiger partial charge is 0.460 e. The molecule has 0 aliphatic carbocycles. The molecule has 0 heterocycles. The van der Waals surface area contributed by atoms with E-state index in [1.165, 1.54) is 12.1 Å². The third-order valence-electron chi connectivity index (χ3n) is 3.99. The summed E-state index contributed by atoms with van der Waals surface area (Å²) in [6, 6.07) is 5.28. The second kappa shape index (κ2) is 9.01. The fourth-order valence-electron chi connectivity index (χ4n) is 2.33. The number of ether oxygens (including phenoxy) is 2. The van der Waals surface area contributed by atoms with Crippen LogP contribution >= 0.6 is 0 Å². The first-order chi connectivity index (χ1) is 11.9. The van der Waals surface area contributed by atoms with Crippen molar-refractivity contribution in [3.05, 3.63) is 35.6 Å². The van der Waals surface area contributed by atoms with Gasteiger partial charge in [0.25, 0.3) is 0 Å². The van der Waals surface area contributed by atoms with E-state index in [9.17, 15) is 14.0 Å². The minimum atomic E-state index is -0.812. The van der Waals surface area contributed by atoms with Crippen LogP contribution in [0.5, 0.6) is 0 Å². The molecule has 0 saturated carbocycles. The molecular formula is C20H30FNO4. The molecule has 5 nitrogen and oxygen atoms in total. The van der Waals surface area contributed by atoms with Crippen molar-refractivity contribution in [2.45, 2.75) is 72.1 Å². The highest BCUT2D eigenvalue weighted by molar-refractivity contribution is 5.81. The van der Waals surface area contributed by atoms with Crippen molar-refractivity contribution in [2.24, 2.45) is 5.92 Å². The molecule has 1 aromatic rings. The number of carbonyl (C=O) groups excluding carboxylic acids is 2. The molecule has 0 aromatic heterocycles. The van der Waals surface area contributed by atoms with Gasteiger partial charge in [-0.2, -0.15) is 0 Å². The molecule has 0 aliphatic heterocycles. The Hall–Kier alpha value is -2.11. The van der Waals surface area contributed by atoms with Gasteiger partial charge in [-0.05, 0) is 51.3 Å². The number of amides is 1. The van der Waals surface area contributed by atoms with Gasteiger partial charge in [-0.15, -0.1) is 0 Å². The first kappa shape index (κ1) is 21.9. The quantitative estimate of drug-likeness (QED) is 0.757. The van der Waals surface area contributed by atoms with Crippen molar-refractivity contribution in [3.63, 3.8) is 0 Å². The predicted octanol–water partition coefficient (Wildman–Crippen LogP) is 4.41. The Balaban J connectivity index is 2.73. The van der Waals surface area contributed by atoms with Crippen LogP contribution in [0.25, 0.3) is 0 Å². The zero-order chi connectivity index (χ0) is 20.1. The highest BCUT2D eigenvalue weighted by Gasteiger charge is 2.30. The number of alkyl carbamates (subject to hydrolysis) is 1. The van der Waals surface area contributed by atoms with E-state index < -0.39 is 29.8 Å². The highest BCUT2D eigenvalue weighted by atomic mass is 19.1. The molecule has 0 saturated heterocycles. The van der Waals surface area contributed by atoms with Gasteiger partial charge < -0.3 is 14.8 Å². The number of esters is 1. The summed E-state index contributed by atoms with van der Waals surface area (Å²) in [5, 5.41) is 2.58. The molecule has 0 unspecified atom stereocenters. The lowest BCUT2D eigenvalue weighted by atomic mass is 9.96. The summed E-state index contributed by atoms with van der Waals surface area (Å²) in [7, 11) is 0. The molecule has 1 rings (SSSR count). The van der Waals surface area contributed by atoms with Crippen molar-refractivity contribution < 1.29 is 23.5 Å². The monoisotopic (exact) mass is 367 g/mol. The average molecular weight is 367 g/mol. The number of hydrogen-bond acceptors (Lipinski definition) is 4. The van der Waals surface area contributed by atoms with E-state index in [1.807, 2.05) is 20.8 Å². The van der Waals surface area contributed by atoms with Crippen LogP contribution in [-0.4, -0.2) is 29.8 Å². The molecule has 1 amide bonds. The van der Waals surface area contributed by atoms with Gasteiger partial charge in [-0.3, -0.25) is 0 Å². The normalized spacial score (nSPS) is 15.1. The van der Waals surface area contributed by atoms with Gasteiger partial charge in [0.2, 0.25) is 0 Å². The van der Waals surface area contributed by atoms with Crippen LogP contribution in [0.4, 0.5) is 9.18 Å². The van der Waals surface area contributed by atoms with Crippen molar-refractivity contribution in [1.82, 2.24) is 5.32 Å². The number of nitrogens with one attached hydrogen (secondary N) is 1. The molecule has 0 bridgehead atoms. The standard InChI is InChI=1S/C20H30FNO4/c1-12(2)17(22-19(24)26-20(5,6)7)18(23)25-14(4)13(3)15-8-10-16(21)11-9-15/h8-14,17H,1-7H3,(H,22,24)/t13-,14+,17+/m1/s1. The summed E-state index contributed by atoms with van der Waals surface area (Å²) in [5.74, 6) is -1.11. The number of carbonyl (C=O) groups is 2. The topological polar surface area (TPSA) is 64.6 Å². The van der Waals surface area contributed by atoms with E-state index in [-0.39, 0.29) is 17.7 Å². The summed E-state index contributed by atoms with van der Waals surface area (Å²) in [4.78, 5) is 24.5. The van der Waals surface area contributed by atoms with Crippen LogP contribution in [0.15, 0.2) is 24.3 Å². The van der Waals surface area contributed by atoms with Crippen LogP contribution < -0.4 is 5.32 Å². The van der Waals surface area contributed by atoms with Gasteiger partial charge in [-0.25, -0.2) is 14.0 Å². The summed E-state index contributed by atoms with van der Waals surface area (Å²) >= 11 is 0. The minimum absolute atomic E-state index is 0.117.